The molecule has 0 aliphatic rings. The van der Waals surface area contributed by atoms with Gasteiger partial charge in [-0.3, -0.25) is 10.1 Å². The highest BCUT2D eigenvalue weighted by Crippen LogP contribution is 2.15. The molecule has 6 heteroatoms. The third kappa shape index (κ3) is 3.49. The van der Waals surface area contributed by atoms with Crippen LogP contribution < -0.4 is 5.32 Å². The molecule has 0 saturated carbocycles. The van der Waals surface area contributed by atoms with Crippen molar-refractivity contribution in [3.8, 4) is 0 Å². The Bertz CT molecular complexity index is 397. The summed E-state index contributed by atoms with van der Waals surface area (Å²) in [6.45, 7) is 1.84. The van der Waals surface area contributed by atoms with Crippen LogP contribution in [0.4, 0.5) is 5.69 Å². The number of rotatable bonds is 7. The second kappa shape index (κ2) is 6.44. The molecule has 100 valence electrons. The average Bonchev–Trinajstić information content (AvgIpc) is 2.41. The number of nitro benzene ring substituents is 1. The van der Waals surface area contributed by atoms with Crippen LogP contribution in [0, 0.1) is 10.1 Å². The molecule has 0 aromatic heterocycles. The number of nitro groups is 1. The van der Waals surface area contributed by atoms with Gasteiger partial charge in [0, 0.05) is 18.7 Å². The SMILES string of the molecule is CCC(CO)(CO)NCc1cccc([N+](=O)[O-])c1. The van der Waals surface area contributed by atoms with Crippen molar-refractivity contribution in [1.82, 2.24) is 5.32 Å². The van der Waals surface area contributed by atoms with Gasteiger partial charge in [0.25, 0.3) is 5.69 Å². The summed E-state index contributed by atoms with van der Waals surface area (Å²) in [5, 5.41) is 32.2. The van der Waals surface area contributed by atoms with Crippen molar-refractivity contribution in [3.63, 3.8) is 0 Å². The van der Waals surface area contributed by atoms with Crippen LogP contribution in [0.5, 0.6) is 0 Å². The lowest BCUT2D eigenvalue weighted by atomic mass is 9.98. The minimum atomic E-state index is -0.745. The summed E-state index contributed by atoms with van der Waals surface area (Å²) in [7, 11) is 0. The predicted octanol–water partition coefficient (Wildman–Crippen LogP) is 0.818. The van der Waals surface area contributed by atoms with E-state index in [0.717, 1.165) is 5.56 Å². The van der Waals surface area contributed by atoms with Crippen molar-refractivity contribution in [3.05, 3.63) is 39.9 Å². The summed E-state index contributed by atoms with van der Waals surface area (Å²) >= 11 is 0. The molecule has 0 bridgehead atoms. The van der Waals surface area contributed by atoms with E-state index >= 15 is 0 Å². The number of non-ortho nitro benzene ring substituents is 1. The van der Waals surface area contributed by atoms with E-state index in [-0.39, 0.29) is 18.9 Å². The number of hydrogen-bond acceptors (Lipinski definition) is 5. The van der Waals surface area contributed by atoms with Gasteiger partial charge in [-0.1, -0.05) is 19.1 Å². The summed E-state index contributed by atoms with van der Waals surface area (Å²) in [5.74, 6) is 0. The summed E-state index contributed by atoms with van der Waals surface area (Å²) in [6.07, 6.45) is 0.564. The minimum absolute atomic E-state index is 0.0318. The van der Waals surface area contributed by atoms with Gasteiger partial charge in [0.2, 0.25) is 0 Å². The molecule has 0 atom stereocenters. The standard InChI is InChI=1S/C12H18N2O4/c1-2-12(8-15,9-16)13-7-10-4-3-5-11(6-10)14(17)18/h3-6,13,15-16H,2,7-9H2,1H3. The van der Waals surface area contributed by atoms with Gasteiger partial charge in [-0.2, -0.15) is 0 Å². The first-order valence-corrected chi connectivity index (χ1v) is 5.77. The third-order valence-electron chi connectivity index (χ3n) is 3.07. The largest absolute Gasteiger partial charge is 0.394 e. The Morgan fingerprint density at radius 1 is 1.39 bits per heavy atom. The van der Waals surface area contributed by atoms with E-state index in [0.29, 0.717) is 13.0 Å². The van der Waals surface area contributed by atoms with Crippen molar-refractivity contribution in [2.24, 2.45) is 0 Å². The van der Waals surface area contributed by atoms with E-state index in [1.807, 2.05) is 6.92 Å². The van der Waals surface area contributed by atoms with Crippen molar-refractivity contribution in [2.45, 2.75) is 25.4 Å². The molecule has 0 aliphatic carbocycles. The third-order valence-corrected chi connectivity index (χ3v) is 3.07. The van der Waals surface area contributed by atoms with E-state index in [4.69, 9.17) is 0 Å². The van der Waals surface area contributed by atoms with Gasteiger partial charge < -0.3 is 15.5 Å². The molecule has 0 aliphatic heterocycles. The Labute approximate surface area is 105 Å². The Morgan fingerprint density at radius 3 is 2.56 bits per heavy atom. The lowest BCUT2D eigenvalue weighted by molar-refractivity contribution is -0.384. The highest BCUT2D eigenvalue weighted by molar-refractivity contribution is 5.34. The monoisotopic (exact) mass is 254 g/mol. The second-order valence-electron chi connectivity index (χ2n) is 4.23. The molecular formula is C12H18N2O4. The summed E-state index contributed by atoms with van der Waals surface area (Å²) in [5.41, 5.74) is 0.0262. The minimum Gasteiger partial charge on any atom is -0.394 e. The zero-order valence-corrected chi connectivity index (χ0v) is 10.3. The van der Waals surface area contributed by atoms with Crippen LogP contribution >= 0.6 is 0 Å². The molecule has 6 nitrogen and oxygen atoms in total. The molecule has 0 radical (unpaired) electrons. The smallest absolute Gasteiger partial charge is 0.269 e. The van der Waals surface area contributed by atoms with Crippen molar-refractivity contribution in [1.29, 1.82) is 0 Å². The van der Waals surface area contributed by atoms with E-state index in [1.165, 1.54) is 12.1 Å². The Hall–Kier alpha value is -1.50. The fraction of sp³-hybridized carbons (Fsp3) is 0.500. The van der Waals surface area contributed by atoms with Crippen molar-refractivity contribution < 1.29 is 15.1 Å². The van der Waals surface area contributed by atoms with Crippen LogP contribution in [0.25, 0.3) is 0 Å². The van der Waals surface area contributed by atoms with Gasteiger partial charge in [-0.25, -0.2) is 0 Å². The van der Waals surface area contributed by atoms with E-state index < -0.39 is 10.5 Å². The van der Waals surface area contributed by atoms with Crippen molar-refractivity contribution >= 4 is 5.69 Å². The van der Waals surface area contributed by atoms with Crippen LogP contribution in [0.1, 0.15) is 18.9 Å². The van der Waals surface area contributed by atoms with E-state index in [1.54, 1.807) is 12.1 Å². The van der Waals surface area contributed by atoms with Crippen molar-refractivity contribution in [2.75, 3.05) is 13.2 Å². The molecule has 1 aromatic rings. The fourth-order valence-electron chi connectivity index (χ4n) is 1.58. The summed E-state index contributed by atoms with van der Waals surface area (Å²) in [6, 6.07) is 6.27. The number of benzene rings is 1. The summed E-state index contributed by atoms with van der Waals surface area (Å²) < 4.78 is 0. The quantitative estimate of drug-likeness (QED) is 0.494. The maximum Gasteiger partial charge on any atom is 0.269 e. The van der Waals surface area contributed by atoms with Crippen LogP contribution in [0.2, 0.25) is 0 Å². The second-order valence-corrected chi connectivity index (χ2v) is 4.23. The highest BCUT2D eigenvalue weighted by atomic mass is 16.6. The molecule has 0 saturated heterocycles. The van der Waals surface area contributed by atoms with E-state index in [9.17, 15) is 20.3 Å². The van der Waals surface area contributed by atoms with Gasteiger partial charge in [-0.05, 0) is 12.0 Å². The first-order chi connectivity index (χ1) is 8.56. The van der Waals surface area contributed by atoms with Gasteiger partial charge in [0.15, 0.2) is 0 Å². The van der Waals surface area contributed by atoms with Gasteiger partial charge in [0.1, 0.15) is 0 Å². The Morgan fingerprint density at radius 2 is 2.06 bits per heavy atom. The number of nitrogens with one attached hydrogen (secondary N) is 1. The first kappa shape index (κ1) is 14.6. The maximum absolute atomic E-state index is 10.6. The van der Waals surface area contributed by atoms with Gasteiger partial charge >= 0.3 is 0 Å². The lowest BCUT2D eigenvalue weighted by Crippen LogP contribution is -2.50. The summed E-state index contributed by atoms with van der Waals surface area (Å²) in [4.78, 5) is 10.2. The van der Waals surface area contributed by atoms with Crippen LogP contribution in [-0.4, -0.2) is 33.9 Å². The topological polar surface area (TPSA) is 95.6 Å². The molecular weight excluding hydrogens is 236 g/mol. The predicted molar refractivity (Wildman–Crippen MR) is 67.1 cm³/mol. The average molecular weight is 254 g/mol. The fourth-order valence-corrected chi connectivity index (χ4v) is 1.58. The van der Waals surface area contributed by atoms with Gasteiger partial charge in [-0.15, -0.1) is 0 Å². The normalized spacial score (nSPS) is 11.5. The molecule has 0 unspecified atom stereocenters. The molecule has 3 N–H and O–H groups in total. The van der Waals surface area contributed by atoms with Crippen LogP contribution in [-0.2, 0) is 6.54 Å². The Balaban J connectivity index is 2.73. The molecule has 0 amide bonds. The van der Waals surface area contributed by atoms with Crippen LogP contribution in [0.15, 0.2) is 24.3 Å². The molecule has 0 fully saturated rings. The Kier molecular flexibility index (Phi) is 5.21. The molecule has 1 rings (SSSR count). The zero-order valence-electron chi connectivity index (χ0n) is 10.3. The van der Waals surface area contributed by atoms with Crippen LogP contribution in [0.3, 0.4) is 0 Å². The molecule has 0 heterocycles. The van der Waals surface area contributed by atoms with E-state index in [2.05, 4.69) is 5.32 Å². The molecule has 1 aromatic carbocycles. The number of hydrogen-bond donors (Lipinski definition) is 3. The lowest BCUT2D eigenvalue weighted by Gasteiger charge is -2.29. The first-order valence-electron chi connectivity index (χ1n) is 5.77. The van der Waals surface area contributed by atoms with Gasteiger partial charge in [0.05, 0.1) is 23.7 Å². The number of nitrogens with zero attached hydrogens (tertiary/aromatic N) is 1. The highest BCUT2D eigenvalue weighted by Gasteiger charge is 2.25. The number of aliphatic hydroxyl groups is 2. The number of aliphatic hydroxyl groups excluding tert-OH is 2. The molecule has 0 spiro atoms. The zero-order chi connectivity index (χ0) is 13.6. The molecule has 18 heavy (non-hydrogen) atoms. The maximum atomic E-state index is 10.6.